The molecule has 144 valence electrons. The van der Waals surface area contributed by atoms with E-state index in [1.54, 1.807) is 0 Å². The van der Waals surface area contributed by atoms with E-state index in [2.05, 4.69) is 22.9 Å². The van der Waals surface area contributed by atoms with Crippen molar-refractivity contribution in [2.24, 2.45) is 11.8 Å². The number of Topliss-reactive ketones (excluding diaryl/α,β-unsaturated/α-hetero) is 1. The Hall–Kier alpha value is -2.11. The molecule has 2 aliphatic heterocycles. The Labute approximate surface area is 172 Å². The average molecular weight is 441 g/mol. The highest BCUT2D eigenvalue weighted by Gasteiger charge is 2.59. The predicted octanol–water partition coefficient (Wildman–Crippen LogP) is 5.45. The highest BCUT2D eigenvalue weighted by molar-refractivity contribution is 9.10. The third-order valence-electron chi connectivity index (χ3n) is 6.16. The zero-order valence-corrected chi connectivity index (χ0v) is 17.1. The zero-order chi connectivity index (χ0) is 19.4. The quantitative estimate of drug-likeness (QED) is 0.686. The summed E-state index contributed by atoms with van der Waals surface area (Å²) in [7, 11) is 0. The molecule has 2 aromatic rings. The summed E-state index contributed by atoms with van der Waals surface area (Å²) < 4.78 is 12.8. The summed E-state index contributed by atoms with van der Waals surface area (Å²) in [5, 5.41) is 11.0. The average Bonchev–Trinajstić information content (AvgIpc) is 3.36. The maximum atomic E-state index is 13.2. The Bertz CT molecular complexity index is 996. The summed E-state index contributed by atoms with van der Waals surface area (Å²) in [6, 6.07) is 13.4. The number of ketones is 1. The highest BCUT2D eigenvalue weighted by Crippen LogP contribution is 2.54. The lowest BCUT2D eigenvalue weighted by Crippen LogP contribution is -2.29. The van der Waals surface area contributed by atoms with Crippen molar-refractivity contribution in [3.8, 4) is 11.5 Å². The smallest absolute Gasteiger partial charge is 0.173 e. The van der Waals surface area contributed by atoms with Gasteiger partial charge in [0.2, 0.25) is 0 Å². The molecule has 2 aromatic carbocycles. The third kappa shape index (κ3) is 2.72. The largest absolute Gasteiger partial charge is 0.511 e. The number of carbonyl (C=O) groups excluding carboxylic acids is 1. The van der Waals surface area contributed by atoms with Crippen molar-refractivity contribution in [1.29, 1.82) is 0 Å². The van der Waals surface area contributed by atoms with Crippen LogP contribution in [0.25, 0.3) is 5.57 Å². The van der Waals surface area contributed by atoms with Crippen LogP contribution in [-0.2, 0) is 16.0 Å². The van der Waals surface area contributed by atoms with Crippen LogP contribution < -0.4 is 4.74 Å². The number of hydrogen-bond acceptors (Lipinski definition) is 4. The van der Waals surface area contributed by atoms with E-state index in [-0.39, 0.29) is 35.6 Å². The maximum absolute atomic E-state index is 13.2. The van der Waals surface area contributed by atoms with E-state index < -0.39 is 0 Å². The van der Waals surface area contributed by atoms with Gasteiger partial charge in [-0.3, -0.25) is 4.79 Å². The van der Waals surface area contributed by atoms with E-state index in [9.17, 15) is 9.90 Å². The molecule has 2 heterocycles. The SMILES string of the molecule is CCc1ccc(Oc2cccc(Br)c2)cc1C1=C(O)[C@H]2[C@@H](C1=O)[C@H]1CC[C@@H]2O1. The second kappa shape index (κ2) is 6.75. The van der Waals surface area contributed by atoms with Crippen LogP contribution in [0.2, 0.25) is 0 Å². The Balaban J connectivity index is 1.55. The van der Waals surface area contributed by atoms with Gasteiger partial charge in [0.1, 0.15) is 17.3 Å². The first-order valence-electron chi connectivity index (χ1n) is 9.76. The van der Waals surface area contributed by atoms with Crippen LogP contribution in [-0.4, -0.2) is 23.1 Å². The minimum Gasteiger partial charge on any atom is -0.511 e. The fraction of sp³-hybridized carbons (Fsp3) is 0.348. The van der Waals surface area contributed by atoms with Crippen molar-refractivity contribution < 1.29 is 19.4 Å². The number of rotatable bonds is 4. The van der Waals surface area contributed by atoms with Crippen LogP contribution in [0.1, 0.15) is 30.9 Å². The molecule has 0 spiro atoms. The van der Waals surface area contributed by atoms with Crippen molar-refractivity contribution in [2.45, 2.75) is 38.4 Å². The number of ether oxygens (including phenoxy) is 2. The molecule has 0 amide bonds. The van der Waals surface area contributed by atoms with Gasteiger partial charge in [0.15, 0.2) is 5.78 Å². The lowest BCUT2D eigenvalue weighted by atomic mass is 9.80. The van der Waals surface area contributed by atoms with Gasteiger partial charge in [0, 0.05) is 4.47 Å². The maximum Gasteiger partial charge on any atom is 0.173 e. The van der Waals surface area contributed by atoms with Gasteiger partial charge >= 0.3 is 0 Å². The van der Waals surface area contributed by atoms with Gasteiger partial charge in [-0.2, -0.15) is 0 Å². The van der Waals surface area contributed by atoms with E-state index in [0.717, 1.165) is 34.9 Å². The monoisotopic (exact) mass is 440 g/mol. The predicted molar refractivity (Wildman–Crippen MR) is 109 cm³/mol. The van der Waals surface area contributed by atoms with Gasteiger partial charge in [0.25, 0.3) is 0 Å². The molecule has 5 rings (SSSR count). The molecule has 0 saturated carbocycles. The molecular weight excluding hydrogens is 420 g/mol. The Morgan fingerprint density at radius 3 is 2.57 bits per heavy atom. The molecule has 0 aromatic heterocycles. The number of aryl methyl sites for hydroxylation is 1. The molecule has 1 aliphatic carbocycles. The minimum atomic E-state index is -0.229. The third-order valence-corrected chi connectivity index (χ3v) is 6.65. The minimum absolute atomic E-state index is 0.0176. The molecule has 2 saturated heterocycles. The molecule has 28 heavy (non-hydrogen) atoms. The Morgan fingerprint density at radius 1 is 1.11 bits per heavy atom. The van der Waals surface area contributed by atoms with Crippen molar-refractivity contribution >= 4 is 27.3 Å². The van der Waals surface area contributed by atoms with E-state index in [1.165, 1.54) is 0 Å². The van der Waals surface area contributed by atoms with Crippen LogP contribution in [0.3, 0.4) is 0 Å². The number of hydrogen-bond donors (Lipinski definition) is 1. The van der Waals surface area contributed by atoms with Crippen LogP contribution in [0, 0.1) is 11.8 Å². The Kier molecular flexibility index (Phi) is 4.33. The number of halogens is 1. The molecule has 1 N–H and O–H groups in total. The molecule has 4 nitrogen and oxygen atoms in total. The van der Waals surface area contributed by atoms with Crippen LogP contribution in [0.4, 0.5) is 0 Å². The lowest BCUT2D eigenvalue weighted by molar-refractivity contribution is -0.118. The molecule has 2 bridgehead atoms. The van der Waals surface area contributed by atoms with Crippen LogP contribution >= 0.6 is 15.9 Å². The van der Waals surface area contributed by atoms with E-state index in [0.29, 0.717) is 17.1 Å². The zero-order valence-electron chi connectivity index (χ0n) is 15.5. The van der Waals surface area contributed by atoms with Gasteiger partial charge in [-0.05, 0) is 60.7 Å². The first-order chi connectivity index (χ1) is 13.6. The molecular formula is C23H21BrO4. The molecule has 4 atom stereocenters. The summed E-state index contributed by atoms with van der Waals surface area (Å²) >= 11 is 3.45. The lowest BCUT2D eigenvalue weighted by Gasteiger charge is -2.19. The van der Waals surface area contributed by atoms with Crippen LogP contribution in [0.15, 0.2) is 52.7 Å². The van der Waals surface area contributed by atoms with Crippen molar-refractivity contribution in [1.82, 2.24) is 0 Å². The Morgan fingerprint density at radius 2 is 1.86 bits per heavy atom. The van der Waals surface area contributed by atoms with E-state index in [4.69, 9.17) is 9.47 Å². The molecule has 0 radical (unpaired) electrons. The number of benzene rings is 2. The van der Waals surface area contributed by atoms with Crippen LogP contribution in [0.5, 0.6) is 11.5 Å². The summed E-state index contributed by atoms with van der Waals surface area (Å²) in [6.07, 6.45) is 2.53. The molecule has 2 fully saturated rings. The molecule has 3 aliphatic rings. The van der Waals surface area contributed by atoms with Gasteiger partial charge in [-0.15, -0.1) is 0 Å². The molecule has 5 heteroatoms. The van der Waals surface area contributed by atoms with E-state index >= 15 is 0 Å². The van der Waals surface area contributed by atoms with Crippen molar-refractivity contribution in [2.75, 3.05) is 0 Å². The first-order valence-corrected chi connectivity index (χ1v) is 10.6. The summed E-state index contributed by atoms with van der Waals surface area (Å²) in [6.45, 7) is 2.05. The number of aliphatic hydroxyl groups is 1. The normalized spacial score (nSPS) is 28.1. The second-order valence-corrected chi connectivity index (χ2v) is 8.61. The highest BCUT2D eigenvalue weighted by atomic mass is 79.9. The second-order valence-electron chi connectivity index (χ2n) is 7.70. The van der Waals surface area contributed by atoms with Gasteiger partial charge in [-0.1, -0.05) is 35.0 Å². The van der Waals surface area contributed by atoms with Crippen molar-refractivity contribution in [3.63, 3.8) is 0 Å². The first kappa shape index (κ1) is 18.0. The topological polar surface area (TPSA) is 55.8 Å². The number of aliphatic hydroxyl groups excluding tert-OH is 1. The standard InChI is InChI=1S/C23H21BrO4/c1-2-12-6-7-15(27-14-5-3-4-13(24)10-14)11-16(12)19-22(25)20-17-8-9-18(28-17)21(20)23(19)26/h3-7,10-11,17-18,20-21,25H,2,8-9H2,1H3/t17-,18+,20+,21-/m0/s1. The number of fused-ring (bicyclic) bond motifs is 5. The van der Waals surface area contributed by atoms with E-state index in [1.807, 2.05) is 42.5 Å². The number of allylic oxidation sites excluding steroid dienone is 1. The summed E-state index contributed by atoms with van der Waals surface area (Å²) in [5.74, 6) is 1.17. The summed E-state index contributed by atoms with van der Waals surface area (Å²) in [5.41, 5.74) is 2.28. The fourth-order valence-electron chi connectivity index (χ4n) is 4.92. The molecule has 0 unspecified atom stereocenters. The summed E-state index contributed by atoms with van der Waals surface area (Å²) in [4.78, 5) is 13.2. The fourth-order valence-corrected chi connectivity index (χ4v) is 5.29. The van der Waals surface area contributed by atoms with Gasteiger partial charge in [-0.25, -0.2) is 0 Å². The van der Waals surface area contributed by atoms with Crippen molar-refractivity contribution in [3.05, 3.63) is 63.8 Å². The van der Waals surface area contributed by atoms with Gasteiger partial charge < -0.3 is 14.6 Å². The number of carbonyl (C=O) groups is 1. The van der Waals surface area contributed by atoms with Gasteiger partial charge in [0.05, 0.1) is 29.6 Å².